The predicted octanol–water partition coefficient (Wildman–Crippen LogP) is 14.1. The molecule has 0 radical (unpaired) electrons. The second-order valence-corrected chi connectivity index (χ2v) is 13.9. The molecule has 0 unspecified atom stereocenters. The SMILES string of the molecule is Cc1ccc2c3ccc(C(F)(F)F)cc3n(-c3cc(-c4ccc(C(F)(F)F)cc4C(F)(F)F)cc(-n4c5cc(C)ccc5c5ccc(C(F)(F)F)cc54)c3C#N)c2c1. The summed E-state index contributed by atoms with van der Waals surface area (Å²) in [7, 11) is 0. The van der Waals surface area contributed by atoms with Crippen LogP contribution in [0.5, 0.6) is 0 Å². The molecule has 8 rings (SSSR count). The molecule has 2 aromatic heterocycles. The minimum Gasteiger partial charge on any atom is -0.308 e. The Bertz CT molecular complexity index is 2880. The molecule has 3 nitrogen and oxygen atoms in total. The molecule has 15 heteroatoms. The van der Waals surface area contributed by atoms with E-state index in [2.05, 4.69) is 0 Å². The van der Waals surface area contributed by atoms with Gasteiger partial charge in [-0.2, -0.15) is 57.9 Å². The van der Waals surface area contributed by atoms with Crippen molar-refractivity contribution in [1.82, 2.24) is 9.13 Å². The maximum Gasteiger partial charge on any atom is 0.417 e. The van der Waals surface area contributed by atoms with Crippen LogP contribution in [0.4, 0.5) is 52.7 Å². The smallest absolute Gasteiger partial charge is 0.308 e. The first-order valence-corrected chi connectivity index (χ1v) is 17.2. The lowest BCUT2D eigenvalue weighted by Gasteiger charge is -2.21. The number of hydrogen-bond acceptors (Lipinski definition) is 1. The van der Waals surface area contributed by atoms with Crippen LogP contribution in [0.25, 0.3) is 66.1 Å². The molecule has 0 fully saturated rings. The predicted molar refractivity (Wildman–Crippen MR) is 195 cm³/mol. The maximum absolute atomic E-state index is 14.8. The molecule has 0 saturated carbocycles. The van der Waals surface area contributed by atoms with Gasteiger partial charge in [-0.25, -0.2) is 0 Å². The van der Waals surface area contributed by atoms with Crippen LogP contribution >= 0.6 is 0 Å². The van der Waals surface area contributed by atoms with Gasteiger partial charge in [0, 0.05) is 21.5 Å². The third-order valence-corrected chi connectivity index (χ3v) is 10.2. The van der Waals surface area contributed by atoms with E-state index in [0.29, 0.717) is 34.0 Å². The average molecular weight is 810 g/mol. The first kappa shape index (κ1) is 38.4. The normalized spacial score (nSPS) is 13.0. The standard InChI is InChI=1S/C43H23F12N3/c1-21-3-8-28-30-11-6-25(41(47,48)49)18-38(30)57(34(28)13-21)36-15-23(27-10-5-24(40(44,45)46)17-33(27)43(53,54)55)16-37(32(36)20-56)58-35-14-22(2)4-9-29(35)31-12-7-26(19-39(31)58)42(50,51)52/h3-19H,1-2H3. The van der Waals surface area contributed by atoms with Gasteiger partial charge >= 0.3 is 24.7 Å². The summed E-state index contributed by atoms with van der Waals surface area (Å²) in [6.07, 6.45) is -20.3. The van der Waals surface area contributed by atoms with Gasteiger partial charge in [0.25, 0.3) is 0 Å². The van der Waals surface area contributed by atoms with Crippen LogP contribution in [0.1, 0.15) is 38.9 Å². The summed E-state index contributed by atoms with van der Waals surface area (Å²) in [6, 6.07) is 20.5. The molecule has 0 aliphatic rings. The van der Waals surface area contributed by atoms with Crippen molar-refractivity contribution in [2.45, 2.75) is 38.6 Å². The van der Waals surface area contributed by atoms with Crippen molar-refractivity contribution < 1.29 is 52.7 Å². The number of alkyl halides is 12. The van der Waals surface area contributed by atoms with Crippen LogP contribution in [0.3, 0.4) is 0 Å². The lowest BCUT2D eigenvalue weighted by atomic mass is 9.94. The molecule has 0 spiro atoms. The van der Waals surface area contributed by atoms with Crippen molar-refractivity contribution >= 4 is 43.6 Å². The summed E-state index contributed by atoms with van der Waals surface area (Å²) >= 11 is 0. The van der Waals surface area contributed by atoms with Gasteiger partial charge in [-0.05, 0) is 96.8 Å². The quantitative estimate of drug-likeness (QED) is 0.164. The second-order valence-electron chi connectivity index (χ2n) is 13.9. The summed E-state index contributed by atoms with van der Waals surface area (Å²) in [4.78, 5) is 0. The van der Waals surface area contributed by atoms with E-state index in [1.165, 1.54) is 21.3 Å². The molecule has 6 aromatic carbocycles. The lowest BCUT2D eigenvalue weighted by molar-refractivity contribution is -0.143. The van der Waals surface area contributed by atoms with Crippen molar-refractivity contribution in [3.8, 4) is 28.6 Å². The van der Waals surface area contributed by atoms with Crippen LogP contribution < -0.4 is 0 Å². The number of rotatable bonds is 3. The molecule has 8 aromatic rings. The van der Waals surface area contributed by atoms with Crippen molar-refractivity contribution in [1.29, 1.82) is 5.26 Å². The molecule has 58 heavy (non-hydrogen) atoms. The lowest BCUT2D eigenvalue weighted by Crippen LogP contribution is -2.12. The van der Waals surface area contributed by atoms with Crippen LogP contribution in [0, 0.1) is 25.2 Å². The van der Waals surface area contributed by atoms with Gasteiger partial charge in [0.15, 0.2) is 0 Å². The Morgan fingerprint density at radius 1 is 0.431 bits per heavy atom. The van der Waals surface area contributed by atoms with Gasteiger partial charge in [-0.1, -0.05) is 42.5 Å². The third kappa shape index (κ3) is 6.27. The summed E-state index contributed by atoms with van der Waals surface area (Å²) in [5.41, 5.74) is -6.36. The van der Waals surface area contributed by atoms with Crippen molar-refractivity contribution in [3.05, 3.63) is 142 Å². The van der Waals surface area contributed by atoms with E-state index in [0.717, 1.165) is 36.4 Å². The number of halogens is 12. The van der Waals surface area contributed by atoms with Crippen LogP contribution in [-0.2, 0) is 24.7 Å². The molecule has 0 atom stereocenters. The molecular formula is C43H23F12N3. The summed E-state index contributed by atoms with van der Waals surface area (Å²) < 4.78 is 174. The Kier molecular flexibility index (Phi) is 8.48. The number of benzene rings is 6. The first-order chi connectivity index (χ1) is 27.1. The van der Waals surface area contributed by atoms with Gasteiger partial charge in [0.1, 0.15) is 11.6 Å². The van der Waals surface area contributed by atoms with E-state index in [1.54, 1.807) is 50.2 Å². The molecule has 2 heterocycles. The Balaban J connectivity index is 1.61. The summed E-state index contributed by atoms with van der Waals surface area (Å²) in [6.45, 7) is 3.35. The van der Waals surface area contributed by atoms with Gasteiger partial charge in [-0.3, -0.25) is 0 Å². The highest BCUT2D eigenvalue weighted by molar-refractivity contribution is 6.11. The maximum atomic E-state index is 14.8. The molecule has 0 saturated heterocycles. The highest BCUT2D eigenvalue weighted by atomic mass is 19.4. The van der Waals surface area contributed by atoms with Crippen LogP contribution in [-0.4, -0.2) is 9.13 Å². The number of fused-ring (bicyclic) bond motifs is 6. The molecule has 0 N–H and O–H groups in total. The zero-order valence-corrected chi connectivity index (χ0v) is 29.7. The number of nitrogens with zero attached hydrogens (tertiary/aromatic N) is 3. The van der Waals surface area contributed by atoms with Crippen LogP contribution in [0.15, 0.2) is 103 Å². The number of aromatic nitrogens is 2. The highest BCUT2D eigenvalue weighted by Crippen LogP contribution is 2.46. The second kappa shape index (κ2) is 12.8. The van der Waals surface area contributed by atoms with E-state index >= 15 is 0 Å². The summed E-state index contributed by atoms with van der Waals surface area (Å²) in [5.74, 6) is 0. The van der Waals surface area contributed by atoms with E-state index in [1.807, 2.05) is 6.07 Å². The monoisotopic (exact) mass is 809 g/mol. The average Bonchev–Trinajstić information content (AvgIpc) is 3.63. The Morgan fingerprint density at radius 3 is 1.17 bits per heavy atom. The fourth-order valence-corrected chi connectivity index (χ4v) is 7.57. The van der Waals surface area contributed by atoms with E-state index in [4.69, 9.17) is 0 Å². The van der Waals surface area contributed by atoms with Crippen molar-refractivity contribution in [3.63, 3.8) is 0 Å². The number of nitriles is 1. The number of aryl methyl sites for hydroxylation is 2. The Hall–Kier alpha value is -6.43. The zero-order valence-electron chi connectivity index (χ0n) is 29.7. The van der Waals surface area contributed by atoms with Gasteiger partial charge in [0.05, 0.1) is 55.7 Å². The minimum absolute atomic E-state index is 0.0776. The zero-order chi connectivity index (χ0) is 41.9. The van der Waals surface area contributed by atoms with Crippen molar-refractivity contribution in [2.75, 3.05) is 0 Å². The van der Waals surface area contributed by atoms with E-state index in [9.17, 15) is 57.9 Å². The molecule has 0 aliphatic carbocycles. The molecule has 0 bridgehead atoms. The fraction of sp³-hybridized carbons (Fsp3) is 0.140. The van der Waals surface area contributed by atoms with Gasteiger partial charge in [0.2, 0.25) is 0 Å². The fourth-order valence-electron chi connectivity index (χ4n) is 7.57. The minimum atomic E-state index is -5.39. The Labute approximate surface area is 319 Å². The topological polar surface area (TPSA) is 33.6 Å². The first-order valence-electron chi connectivity index (χ1n) is 17.2. The van der Waals surface area contributed by atoms with Gasteiger partial charge in [-0.15, -0.1) is 0 Å². The van der Waals surface area contributed by atoms with E-state index < -0.39 is 58.1 Å². The number of hydrogen-bond donors (Lipinski definition) is 0. The molecule has 0 aliphatic heterocycles. The summed E-state index contributed by atoms with van der Waals surface area (Å²) in [5, 5.41) is 12.3. The largest absolute Gasteiger partial charge is 0.417 e. The van der Waals surface area contributed by atoms with Crippen LogP contribution in [0.2, 0.25) is 0 Å². The van der Waals surface area contributed by atoms with Crippen molar-refractivity contribution in [2.24, 2.45) is 0 Å². The molecular weight excluding hydrogens is 786 g/mol. The van der Waals surface area contributed by atoms with E-state index in [-0.39, 0.29) is 55.8 Å². The highest BCUT2D eigenvalue weighted by Gasteiger charge is 2.39. The third-order valence-electron chi connectivity index (χ3n) is 10.2. The molecule has 0 amide bonds. The molecule has 294 valence electrons. The van der Waals surface area contributed by atoms with Gasteiger partial charge < -0.3 is 9.13 Å². The Morgan fingerprint density at radius 2 is 0.793 bits per heavy atom.